The van der Waals surface area contributed by atoms with Crippen LogP contribution < -0.4 is 12.4 Å². The van der Waals surface area contributed by atoms with Gasteiger partial charge in [0, 0.05) is 19.5 Å². The van der Waals surface area contributed by atoms with Gasteiger partial charge < -0.3 is 17.3 Å². The predicted octanol–water partition coefficient (Wildman–Crippen LogP) is 1.76. The van der Waals surface area contributed by atoms with E-state index in [1.165, 1.54) is 19.5 Å². The molecule has 0 atom stereocenters. The number of allylic oxidation sites excluding steroid dienone is 1. The van der Waals surface area contributed by atoms with Crippen molar-refractivity contribution in [2.24, 2.45) is 0 Å². The molecule has 102 valence electrons. The first-order valence-corrected chi connectivity index (χ1v) is 8.78. The summed E-state index contributed by atoms with van der Waals surface area (Å²) in [5.74, 6) is 0. The van der Waals surface area contributed by atoms with Gasteiger partial charge in [0.05, 0.1) is 11.3 Å². The Morgan fingerprint density at radius 1 is 0.941 bits per heavy atom. The van der Waals surface area contributed by atoms with Crippen molar-refractivity contribution in [1.29, 1.82) is 0 Å². The minimum atomic E-state index is -0.887. The summed E-state index contributed by atoms with van der Waals surface area (Å²) in [7, 11) is -0.887. The van der Waals surface area contributed by atoms with E-state index in [-0.39, 0.29) is 12.4 Å². The van der Waals surface area contributed by atoms with Gasteiger partial charge in [0.2, 0.25) is 5.44 Å². The second-order valence-electron chi connectivity index (χ2n) is 5.26. The fourth-order valence-electron chi connectivity index (χ4n) is 3.37. The van der Waals surface area contributed by atoms with Crippen LogP contribution in [0, 0.1) is 0 Å². The quantitative estimate of drug-likeness (QED) is 0.669. The van der Waals surface area contributed by atoms with Crippen LogP contribution in [0.4, 0.5) is 0 Å². The Morgan fingerprint density at radius 3 is 1.53 bits per heavy atom. The summed E-state index contributed by atoms with van der Waals surface area (Å²) in [6.07, 6.45) is 1.27. The molecule has 0 N–H and O–H groups in total. The van der Waals surface area contributed by atoms with Gasteiger partial charge in [-0.25, -0.2) is 0 Å². The largest absolute Gasteiger partial charge is 1.00 e. The molecule has 1 heterocycles. The van der Waals surface area contributed by atoms with Crippen molar-refractivity contribution in [1.82, 2.24) is 4.90 Å². The molecule has 0 aliphatic carbocycles. The molecule has 17 heavy (non-hydrogen) atoms. The standard InChI is InChI=1S/C14H29NP.ClH/c1-8-13-14(15(9-2)10-3)16(13,11(4)5)12(6)7;/h11-12H,8-10H2,1-7H3;1H/q+1;/p-1. The van der Waals surface area contributed by atoms with E-state index < -0.39 is 7.26 Å². The molecule has 0 unspecified atom stereocenters. The Kier molecular flexibility index (Phi) is 6.53. The van der Waals surface area contributed by atoms with Gasteiger partial charge in [-0.3, -0.25) is 0 Å². The second kappa shape index (κ2) is 6.43. The summed E-state index contributed by atoms with van der Waals surface area (Å²) < 4.78 is 0. The Hall–Kier alpha value is 0.260. The normalized spacial score (nSPS) is 17.5. The first kappa shape index (κ1) is 17.3. The molecule has 0 bridgehead atoms. The van der Waals surface area contributed by atoms with E-state index >= 15 is 0 Å². The molecule has 3 heteroatoms. The van der Waals surface area contributed by atoms with E-state index in [2.05, 4.69) is 53.4 Å². The van der Waals surface area contributed by atoms with Crippen LogP contribution in [-0.4, -0.2) is 29.3 Å². The van der Waals surface area contributed by atoms with Gasteiger partial charge >= 0.3 is 0 Å². The second-order valence-corrected chi connectivity index (χ2v) is 9.84. The van der Waals surface area contributed by atoms with Crippen LogP contribution in [0.3, 0.4) is 0 Å². The maximum Gasteiger partial charge on any atom is 0.203 e. The minimum absolute atomic E-state index is 0. The van der Waals surface area contributed by atoms with Crippen molar-refractivity contribution >= 4 is 7.26 Å². The highest BCUT2D eigenvalue weighted by Gasteiger charge is 2.68. The van der Waals surface area contributed by atoms with E-state index in [4.69, 9.17) is 0 Å². The van der Waals surface area contributed by atoms with E-state index in [0.29, 0.717) is 0 Å². The summed E-state index contributed by atoms with van der Waals surface area (Å²) in [5.41, 5.74) is 3.47. The predicted molar refractivity (Wildman–Crippen MR) is 77.4 cm³/mol. The Balaban J connectivity index is 0.00000256. The molecule has 1 nitrogen and oxygen atoms in total. The Labute approximate surface area is 115 Å². The van der Waals surface area contributed by atoms with Crippen molar-refractivity contribution in [2.75, 3.05) is 13.1 Å². The maximum absolute atomic E-state index is 2.62. The molecule has 1 aliphatic heterocycles. The molecule has 0 aromatic carbocycles. The third-order valence-electron chi connectivity index (χ3n) is 4.03. The average Bonchev–Trinajstić information content (AvgIpc) is 2.90. The van der Waals surface area contributed by atoms with Gasteiger partial charge in [-0.2, -0.15) is 0 Å². The van der Waals surface area contributed by atoms with E-state index in [0.717, 1.165) is 11.3 Å². The fourth-order valence-corrected chi connectivity index (χ4v) is 9.33. The number of rotatable bonds is 6. The molecule has 0 fully saturated rings. The summed E-state index contributed by atoms with van der Waals surface area (Å²) in [4.78, 5) is 2.62. The lowest BCUT2D eigenvalue weighted by molar-refractivity contribution is -0.00000380. The van der Waals surface area contributed by atoms with Crippen molar-refractivity contribution in [3.63, 3.8) is 0 Å². The lowest BCUT2D eigenvalue weighted by Gasteiger charge is -2.25. The average molecular weight is 278 g/mol. The molecular formula is C14H29ClNP. The van der Waals surface area contributed by atoms with Gasteiger partial charge in [0.25, 0.3) is 0 Å². The highest BCUT2D eigenvalue weighted by molar-refractivity contribution is 7.91. The number of halogens is 1. The van der Waals surface area contributed by atoms with E-state index in [1.54, 1.807) is 5.44 Å². The first-order valence-electron chi connectivity index (χ1n) is 6.85. The highest BCUT2D eigenvalue weighted by atomic mass is 35.5. The lowest BCUT2D eigenvalue weighted by atomic mass is 10.4. The van der Waals surface area contributed by atoms with E-state index in [9.17, 15) is 0 Å². The van der Waals surface area contributed by atoms with Crippen LogP contribution in [-0.2, 0) is 0 Å². The topological polar surface area (TPSA) is 3.24 Å². The zero-order valence-corrected chi connectivity index (χ0v) is 14.2. The summed E-state index contributed by atoms with van der Waals surface area (Å²) >= 11 is 0. The van der Waals surface area contributed by atoms with Crippen molar-refractivity contribution in [2.45, 2.75) is 66.2 Å². The molecule has 1 rings (SSSR count). The lowest BCUT2D eigenvalue weighted by Crippen LogP contribution is -3.00. The Bertz CT molecular complexity index is 272. The van der Waals surface area contributed by atoms with Crippen LogP contribution >= 0.6 is 7.26 Å². The monoisotopic (exact) mass is 277 g/mol. The first-order chi connectivity index (χ1) is 7.48. The molecule has 0 saturated carbocycles. The van der Waals surface area contributed by atoms with Crippen LogP contribution in [0.1, 0.15) is 54.9 Å². The smallest absolute Gasteiger partial charge is 0.203 e. The van der Waals surface area contributed by atoms with Gasteiger partial charge in [-0.05, 0) is 41.5 Å². The van der Waals surface area contributed by atoms with Gasteiger partial charge in [0.15, 0.2) is 0 Å². The number of hydrogen-bond donors (Lipinski definition) is 0. The zero-order valence-electron chi connectivity index (χ0n) is 12.5. The third kappa shape index (κ3) is 2.51. The number of nitrogens with zero attached hydrogens (tertiary/aromatic N) is 1. The van der Waals surface area contributed by atoms with Crippen LogP contribution in [0.5, 0.6) is 0 Å². The zero-order chi connectivity index (χ0) is 12.5. The van der Waals surface area contributed by atoms with Crippen LogP contribution in [0.25, 0.3) is 0 Å². The van der Waals surface area contributed by atoms with Crippen molar-refractivity contribution in [3.8, 4) is 0 Å². The van der Waals surface area contributed by atoms with Crippen LogP contribution in [0.2, 0.25) is 0 Å². The summed E-state index contributed by atoms with van der Waals surface area (Å²) in [6, 6.07) is 0. The minimum Gasteiger partial charge on any atom is -1.00 e. The summed E-state index contributed by atoms with van der Waals surface area (Å²) in [5, 5.41) is 1.83. The molecule has 0 aromatic heterocycles. The molecule has 0 aromatic rings. The SMILES string of the molecule is CCC1=C(N(CC)CC)[P+]1(C(C)C)C(C)C.[Cl-]. The van der Waals surface area contributed by atoms with E-state index in [1.807, 2.05) is 5.31 Å². The molecule has 0 amide bonds. The van der Waals surface area contributed by atoms with Gasteiger partial charge in [0.1, 0.15) is 12.6 Å². The van der Waals surface area contributed by atoms with Crippen molar-refractivity contribution < 1.29 is 12.4 Å². The summed E-state index contributed by atoms with van der Waals surface area (Å²) in [6.45, 7) is 19.0. The molecule has 0 radical (unpaired) electrons. The molecule has 0 saturated heterocycles. The Morgan fingerprint density at radius 2 is 1.35 bits per heavy atom. The van der Waals surface area contributed by atoms with Crippen LogP contribution in [0.15, 0.2) is 10.8 Å². The third-order valence-corrected chi connectivity index (χ3v) is 9.74. The van der Waals surface area contributed by atoms with Gasteiger partial charge in [-0.15, -0.1) is 0 Å². The maximum atomic E-state index is 2.62. The molecule has 0 spiro atoms. The fraction of sp³-hybridized carbons (Fsp3) is 0.857. The molecular weight excluding hydrogens is 249 g/mol. The molecule has 1 aliphatic rings. The number of hydrogen-bond acceptors (Lipinski definition) is 1. The highest BCUT2D eigenvalue weighted by Crippen LogP contribution is 2.92. The van der Waals surface area contributed by atoms with Crippen molar-refractivity contribution in [3.05, 3.63) is 10.8 Å². The van der Waals surface area contributed by atoms with Gasteiger partial charge in [-0.1, -0.05) is 6.92 Å².